The molecule has 0 amide bonds. The zero-order valence-corrected chi connectivity index (χ0v) is 10.1. The Balaban J connectivity index is 3.27. The largest absolute Gasteiger partial charge is 0.497 e. The standard InChI is InChI=1S/C11H12BrNO/c1-11(2,7-13)9-6-8(14-3)4-5-10(9)12/h4-6H,1-3H3. The number of hydrogen-bond acceptors (Lipinski definition) is 2. The molecule has 0 radical (unpaired) electrons. The lowest BCUT2D eigenvalue weighted by atomic mass is 9.86. The summed E-state index contributed by atoms with van der Waals surface area (Å²) in [5.41, 5.74) is 0.437. The Kier molecular flexibility index (Phi) is 3.17. The number of ether oxygens (including phenoxy) is 1. The second-order valence-electron chi connectivity index (χ2n) is 3.58. The minimum Gasteiger partial charge on any atom is -0.497 e. The molecule has 2 nitrogen and oxygen atoms in total. The normalized spacial score (nSPS) is 10.8. The number of nitriles is 1. The van der Waals surface area contributed by atoms with Crippen LogP contribution in [0.15, 0.2) is 22.7 Å². The second kappa shape index (κ2) is 4.02. The van der Waals surface area contributed by atoms with Gasteiger partial charge in [-0.3, -0.25) is 0 Å². The van der Waals surface area contributed by atoms with Crippen LogP contribution in [-0.4, -0.2) is 7.11 Å². The summed E-state index contributed by atoms with van der Waals surface area (Å²) in [5, 5.41) is 9.02. The summed E-state index contributed by atoms with van der Waals surface area (Å²) in [6.45, 7) is 3.76. The van der Waals surface area contributed by atoms with Crippen LogP contribution in [-0.2, 0) is 5.41 Å². The molecule has 0 bridgehead atoms. The first-order chi connectivity index (χ1) is 6.51. The fourth-order valence-corrected chi connectivity index (χ4v) is 1.91. The van der Waals surface area contributed by atoms with Gasteiger partial charge in [-0.2, -0.15) is 5.26 Å². The van der Waals surface area contributed by atoms with Crippen molar-refractivity contribution < 1.29 is 4.74 Å². The molecule has 14 heavy (non-hydrogen) atoms. The van der Waals surface area contributed by atoms with E-state index in [9.17, 15) is 0 Å². The molecule has 0 aliphatic heterocycles. The van der Waals surface area contributed by atoms with Crippen molar-refractivity contribution >= 4 is 15.9 Å². The molecule has 0 unspecified atom stereocenters. The first-order valence-electron chi connectivity index (χ1n) is 4.26. The number of nitrogens with zero attached hydrogens (tertiary/aromatic N) is 1. The fourth-order valence-electron chi connectivity index (χ4n) is 1.17. The quantitative estimate of drug-likeness (QED) is 0.811. The van der Waals surface area contributed by atoms with Crippen molar-refractivity contribution in [2.75, 3.05) is 7.11 Å². The highest BCUT2D eigenvalue weighted by Crippen LogP contribution is 2.32. The molecule has 1 aromatic carbocycles. The van der Waals surface area contributed by atoms with E-state index < -0.39 is 5.41 Å². The monoisotopic (exact) mass is 253 g/mol. The molecule has 0 aliphatic rings. The third kappa shape index (κ3) is 2.08. The highest BCUT2D eigenvalue weighted by molar-refractivity contribution is 9.10. The summed E-state index contributed by atoms with van der Waals surface area (Å²) >= 11 is 3.43. The van der Waals surface area contributed by atoms with Gasteiger partial charge in [0, 0.05) is 4.47 Å². The van der Waals surface area contributed by atoms with Crippen molar-refractivity contribution in [3.63, 3.8) is 0 Å². The first-order valence-corrected chi connectivity index (χ1v) is 5.06. The van der Waals surface area contributed by atoms with Crippen LogP contribution in [0.25, 0.3) is 0 Å². The smallest absolute Gasteiger partial charge is 0.119 e. The Morgan fingerprint density at radius 3 is 2.57 bits per heavy atom. The first kappa shape index (κ1) is 11.1. The van der Waals surface area contributed by atoms with Gasteiger partial charge < -0.3 is 4.74 Å². The van der Waals surface area contributed by atoms with Crippen molar-refractivity contribution in [1.29, 1.82) is 5.26 Å². The number of halogens is 1. The highest BCUT2D eigenvalue weighted by Gasteiger charge is 2.22. The van der Waals surface area contributed by atoms with E-state index in [1.807, 2.05) is 32.0 Å². The summed E-state index contributed by atoms with van der Waals surface area (Å²) in [4.78, 5) is 0. The van der Waals surface area contributed by atoms with Gasteiger partial charge >= 0.3 is 0 Å². The van der Waals surface area contributed by atoms with Crippen LogP contribution >= 0.6 is 15.9 Å². The van der Waals surface area contributed by atoms with Gasteiger partial charge in [0.25, 0.3) is 0 Å². The summed E-state index contributed by atoms with van der Waals surface area (Å²) < 4.78 is 6.05. The van der Waals surface area contributed by atoms with E-state index in [-0.39, 0.29) is 0 Å². The molecule has 0 aliphatic carbocycles. The van der Waals surface area contributed by atoms with E-state index in [4.69, 9.17) is 10.00 Å². The zero-order chi connectivity index (χ0) is 10.8. The van der Waals surface area contributed by atoms with Crippen molar-refractivity contribution in [2.24, 2.45) is 0 Å². The minimum absolute atomic E-state index is 0.507. The third-order valence-corrected chi connectivity index (χ3v) is 2.82. The average molecular weight is 254 g/mol. The van der Waals surface area contributed by atoms with Crippen LogP contribution in [0.4, 0.5) is 0 Å². The molecule has 0 fully saturated rings. The van der Waals surface area contributed by atoms with Crippen LogP contribution in [0.5, 0.6) is 5.75 Å². The van der Waals surface area contributed by atoms with E-state index in [0.29, 0.717) is 0 Å². The SMILES string of the molecule is COc1ccc(Br)c(C(C)(C)C#N)c1. The molecule has 0 saturated carbocycles. The molecule has 1 rings (SSSR count). The second-order valence-corrected chi connectivity index (χ2v) is 4.44. The Morgan fingerprint density at radius 2 is 2.07 bits per heavy atom. The highest BCUT2D eigenvalue weighted by atomic mass is 79.9. The van der Waals surface area contributed by atoms with Gasteiger partial charge in [0.05, 0.1) is 18.6 Å². The van der Waals surface area contributed by atoms with Gasteiger partial charge in [-0.15, -0.1) is 0 Å². The van der Waals surface area contributed by atoms with Gasteiger partial charge in [-0.1, -0.05) is 15.9 Å². The maximum atomic E-state index is 9.02. The van der Waals surface area contributed by atoms with E-state index in [1.165, 1.54) is 0 Å². The van der Waals surface area contributed by atoms with E-state index in [2.05, 4.69) is 22.0 Å². The molecule has 0 N–H and O–H groups in total. The van der Waals surface area contributed by atoms with Crippen molar-refractivity contribution in [3.8, 4) is 11.8 Å². The lowest BCUT2D eigenvalue weighted by molar-refractivity contribution is 0.413. The molecule has 0 heterocycles. The number of methoxy groups -OCH3 is 1. The van der Waals surface area contributed by atoms with Crippen LogP contribution in [0, 0.1) is 11.3 Å². The summed E-state index contributed by atoms with van der Waals surface area (Å²) in [7, 11) is 1.62. The lowest BCUT2D eigenvalue weighted by Gasteiger charge is -2.18. The molecule has 3 heteroatoms. The van der Waals surface area contributed by atoms with Gasteiger partial charge in [0.15, 0.2) is 0 Å². The zero-order valence-electron chi connectivity index (χ0n) is 8.47. The molecule has 0 saturated heterocycles. The summed E-state index contributed by atoms with van der Waals surface area (Å²) in [6.07, 6.45) is 0. The van der Waals surface area contributed by atoms with Gasteiger partial charge in [0.2, 0.25) is 0 Å². The molecular weight excluding hydrogens is 242 g/mol. The van der Waals surface area contributed by atoms with Crippen LogP contribution in [0.3, 0.4) is 0 Å². The number of benzene rings is 1. The molecule has 0 spiro atoms. The van der Waals surface area contributed by atoms with Gasteiger partial charge in [0.1, 0.15) is 5.75 Å². The predicted octanol–water partition coefficient (Wildman–Crippen LogP) is 3.26. The summed E-state index contributed by atoms with van der Waals surface area (Å²) in [6, 6.07) is 7.90. The molecule has 0 aromatic heterocycles. The third-order valence-electron chi connectivity index (χ3n) is 2.13. The maximum absolute atomic E-state index is 9.02. The Labute approximate surface area is 92.6 Å². The van der Waals surface area contributed by atoms with E-state index >= 15 is 0 Å². The maximum Gasteiger partial charge on any atom is 0.119 e. The van der Waals surface area contributed by atoms with Crippen LogP contribution < -0.4 is 4.74 Å². The molecule has 74 valence electrons. The van der Waals surface area contributed by atoms with Crippen LogP contribution in [0.1, 0.15) is 19.4 Å². The van der Waals surface area contributed by atoms with Gasteiger partial charge in [-0.05, 0) is 37.6 Å². The Bertz CT molecular complexity index is 379. The molecule has 1 aromatic rings. The number of hydrogen-bond donors (Lipinski definition) is 0. The van der Waals surface area contributed by atoms with Gasteiger partial charge in [-0.25, -0.2) is 0 Å². The lowest BCUT2D eigenvalue weighted by Crippen LogP contribution is -2.14. The van der Waals surface area contributed by atoms with E-state index in [1.54, 1.807) is 7.11 Å². The Morgan fingerprint density at radius 1 is 1.43 bits per heavy atom. The van der Waals surface area contributed by atoms with Crippen molar-refractivity contribution in [1.82, 2.24) is 0 Å². The van der Waals surface area contributed by atoms with E-state index in [0.717, 1.165) is 15.8 Å². The average Bonchev–Trinajstić information content (AvgIpc) is 2.18. The number of rotatable bonds is 2. The summed E-state index contributed by atoms with van der Waals surface area (Å²) in [5.74, 6) is 0.770. The topological polar surface area (TPSA) is 33.0 Å². The molecular formula is C11H12BrNO. The van der Waals surface area contributed by atoms with Crippen LogP contribution in [0.2, 0.25) is 0 Å². The van der Waals surface area contributed by atoms with Crippen molar-refractivity contribution in [2.45, 2.75) is 19.3 Å². The minimum atomic E-state index is -0.507. The van der Waals surface area contributed by atoms with Crippen molar-refractivity contribution in [3.05, 3.63) is 28.2 Å². The fraction of sp³-hybridized carbons (Fsp3) is 0.364. The Hall–Kier alpha value is -1.01. The molecule has 0 atom stereocenters. The predicted molar refractivity (Wildman–Crippen MR) is 59.3 cm³/mol.